The molecule has 2 N–H and O–H groups in total. The van der Waals surface area contributed by atoms with Crippen molar-refractivity contribution in [2.75, 3.05) is 19.0 Å². The second-order valence-electron chi connectivity index (χ2n) is 5.48. The van der Waals surface area contributed by atoms with Crippen LogP contribution in [0, 0.1) is 0 Å². The third kappa shape index (κ3) is 4.86. The Hall–Kier alpha value is -2.40. The molecule has 1 aromatic carbocycles. The summed E-state index contributed by atoms with van der Waals surface area (Å²) in [5.74, 6) is -1.53. The van der Waals surface area contributed by atoms with Gasteiger partial charge in [-0.25, -0.2) is 4.79 Å². The Morgan fingerprint density at radius 2 is 1.68 bits per heavy atom. The number of benzene rings is 1. The van der Waals surface area contributed by atoms with Crippen LogP contribution in [0.5, 0.6) is 0 Å². The fourth-order valence-electron chi connectivity index (χ4n) is 1.96. The molecule has 0 saturated carbocycles. The van der Waals surface area contributed by atoms with Crippen LogP contribution in [0.3, 0.4) is 0 Å². The minimum Gasteiger partial charge on any atom is -0.478 e. The fourth-order valence-corrected chi connectivity index (χ4v) is 1.96. The van der Waals surface area contributed by atoms with E-state index < -0.39 is 17.4 Å². The minimum atomic E-state index is -1.70. The van der Waals surface area contributed by atoms with Crippen LogP contribution >= 0.6 is 0 Å². The van der Waals surface area contributed by atoms with Gasteiger partial charge in [0.1, 0.15) is 5.60 Å². The van der Waals surface area contributed by atoms with Crippen LogP contribution in [-0.2, 0) is 4.79 Å². The first-order valence-electron chi connectivity index (χ1n) is 6.78. The van der Waals surface area contributed by atoms with Gasteiger partial charge in [-0.05, 0) is 44.2 Å². The van der Waals surface area contributed by atoms with E-state index in [2.05, 4.69) is 0 Å². The van der Waals surface area contributed by atoms with Crippen molar-refractivity contribution in [1.82, 2.24) is 0 Å². The topological polar surface area (TPSA) is 77.8 Å². The van der Waals surface area contributed by atoms with Crippen LogP contribution in [0.4, 0.5) is 5.69 Å². The van der Waals surface area contributed by atoms with E-state index in [1.165, 1.54) is 19.1 Å². The first-order valence-corrected chi connectivity index (χ1v) is 6.78. The Labute approximate surface area is 130 Å². The standard InChI is InChI=1S/C17H21NO4/c1-12(5-10-15(19)20)11-17(2,22)16(21)13-6-8-14(9-7-13)18(3)4/h5-11,22H,1-4H3,(H,19,20)/b10-5+,12-11+/t17-/m1/s1. The fraction of sp³-hybridized carbons (Fsp3) is 0.294. The van der Waals surface area contributed by atoms with Crippen LogP contribution in [0.15, 0.2) is 48.1 Å². The average molecular weight is 303 g/mol. The highest BCUT2D eigenvalue weighted by atomic mass is 16.4. The van der Waals surface area contributed by atoms with E-state index in [-0.39, 0.29) is 0 Å². The van der Waals surface area contributed by atoms with Gasteiger partial charge in [0, 0.05) is 31.4 Å². The Balaban J connectivity index is 2.99. The molecule has 0 unspecified atom stereocenters. The van der Waals surface area contributed by atoms with Crippen molar-refractivity contribution in [3.05, 3.63) is 53.6 Å². The maximum atomic E-state index is 12.4. The largest absolute Gasteiger partial charge is 0.478 e. The normalized spacial score (nSPS) is 14.7. The molecule has 0 spiro atoms. The van der Waals surface area contributed by atoms with E-state index >= 15 is 0 Å². The van der Waals surface area contributed by atoms with Crippen LogP contribution < -0.4 is 4.90 Å². The summed E-state index contributed by atoms with van der Waals surface area (Å²) in [6.07, 6.45) is 3.63. The van der Waals surface area contributed by atoms with E-state index in [4.69, 9.17) is 5.11 Å². The first-order chi connectivity index (χ1) is 10.1. The number of rotatable bonds is 6. The summed E-state index contributed by atoms with van der Waals surface area (Å²) in [5, 5.41) is 18.9. The summed E-state index contributed by atoms with van der Waals surface area (Å²) in [6.45, 7) is 3.00. The van der Waals surface area contributed by atoms with E-state index in [1.807, 2.05) is 19.0 Å². The molecular weight excluding hydrogens is 282 g/mol. The molecule has 0 aliphatic carbocycles. The zero-order valence-corrected chi connectivity index (χ0v) is 13.2. The third-order valence-corrected chi connectivity index (χ3v) is 3.10. The molecule has 5 heteroatoms. The Morgan fingerprint density at radius 1 is 1.14 bits per heavy atom. The molecule has 5 nitrogen and oxygen atoms in total. The Kier molecular flexibility index (Phi) is 5.65. The number of nitrogens with zero attached hydrogens (tertiary/aromatic N) is 1. The van der Waals surface area contributed by atoms with E-state index in [0.29, 0.717) is 11.1 Å². The van der Waals surface area contributed by atoms with Crippen molar-refractivity contribution in [3.63, 3.8) is 0 Å². The number of allylic oxidation sites excluding steroid dienone is 2. The maximum absolute atomic E-state index is 12.4. The number of ketones is 1. The van der Waals surface area contributed by atoms with Crippen molar-refractivity contribution in [1.29, 1.82) is 0 Å². The number of aliphatic carboxylic acids is 1. The quantitative estimate of drug-likeness (QED) is 0.479. The second-order valence-corrected chi connectivity index (χ2v) is 5.48. The SMILES string of the molecule is CC(/C=C/C(=O)O)=C\[C@@](C)(O)C(=O)c1ccc(N(C)C)cc1. The molecule has 0 radical (unpaired) electrons. The summed E-state index contributed by atoms with van der Waals surface area (Å²) in [4.78, 5) is 24.7. The molecule has 0 aromatic heterocycles. The number of anilines is 1. The van der Waals surface area contributed by atoms with Crippen molar-refractivity contribution < 1.29 is 19.8 Å². The summed E-state index contributed by atoms with van der Waals surface area (Å²) in [7, 11) is 3.79. The number of hydrogen-bond acceptors (Lipinski definition) is 4. The van der Waals surface area contributed by atoms with Gasteiger partial charge >= 0.3 is 5.97 Å². The number of Topliss-reactive ketones (excluding diaryl/α,β-unsaturated/α-hetero) is 1. The molecule has 0 bridgehead atoms. The predicted molar refractivity (Wildman–Crippen MR) is 86.3 cm³/mol. The summed E-state index contributed by atoms with van der Waals surface area (Å²) >= 11 is 0. The molecule has 0 heterocycles. The molecule has 1 aromatic rings. The second kappa shape index (κ2) is 7.04. The molecule has 0 aliphatic heterocycles. The smallest absolute Gasteiger partial charge is 0.328 e. The number of hydrogen-bond donors (Lipinski definition) is 2. The van der Waals surface area contributed by atoms with Crippen LogP contribution in [0.2, 0.25) is 0 Å². The predicted octanol–water partition coefficient (Wildman–Crippen LogP) is 2.27. The van der Waals surface area contributed by atoms with Gasteiger partial charge in [0.05, 0.1) is 0 Å². The number of aliphatic hydroxyl groups is 1. The molecule has 1 rings (SSSR count). The number of carboxylic acids is 1. The summed E-state index contributed by atoms with van der Waals surface area (Å²) in [5.41, 5.74) is 0.131. The Morgan fingerprint density at radius 3 is 2.14 bits per heavy atom. The van der Waals surface area contributed by atoms with Gasteiger partial charge in [-0.15, -0.1) is 0 Å². The molecular formula is C17H21NO4. The van der Waals surface area contributed by atoms with Crippen LogP contribution in [0.1, 0.15) is 24.2 Å². The van der Waals surface area contributed by atoms with E-state index in [0.717, 1.165) is 11.8 Å². The summed E-state index contributed by atoms with van der Waals surface area (Å²) < 4.78 is 0. The third-order valence-electron chi connectivity index (χ3n) is 3.10. The van der Waals surface area contributed by atoms with Gasteiger partial charge in [-0.1, -0.05) is 11.6 Å². The van der Waals surface area contributed by atoms with Gasteiger partial charge in [-0.2, -0.15) is 0 Å². The van der Waals surface area contributed by atoms with Crippen molar-refractivity contribution in [2.45, 2.75) is 19.4 Å². The molecule has 0 fully saturated rings. The molecule has 0 amide bonds. The number of carboxylic acid groups (broad SMARTS) is 1. The van der Waals surface area contributed by atoms with Crippen LogP contribution in [-0.4, -0.2) is 41.7 Å². The van der Waals surface area contributed by atoms with Crippen molar-refractivity contribution in [3.8, 4) is 0 Å². The average Bonchev–Trinajstić information content (AvgIpc) is 2.44. The van der Waals surface area contributed by atoms with Crippen molar-refractivity contribution in [2.24, 2.45) is 0 Å². The molecule has 0 saturated heterocycles. The summed E-state index contributed by atoms with van der Waals surface area (Å²) in [6, 6.07) is 6.90. The van der Waals surface area contributed by atoms with Gasteiger partial charge in [0.2, 0.25) is 0 Å². The van der Waals surface area contributed by atoms with Gasteiger partial charge < -0.3 is 15.1 Å². The lowest BCUT2D eigenvalue weighted by molar-refractivity contribution is -0.131. The van der Waals surface area contributed by atoms with E-state index in [9.17, 15) is 14.7 Å². The van der Waals surface area contributed by atoms with Gasteiger partial charge in [0.15, 0.2) is 5.78 Å². The van der Waals surface area contributed by atoms with Crippen LogP contribution in [0.25, 0.3) is 0 Å². The maximum Gasteiger partial charge on any atom is 0.328 e. The molecule has 1 atom stereocenters. The lowest BCUT2D eigenvalue weighted by atomic mass is 9.92. The number of carbonyl (C=O) groups is 2. The minimum absolute atomic E-state index is 0.391. The molecule has 0 aliphatic rings. The van der Waals surface area contributed by atoms with Gasteiger partial charge in [-0.3, -0.25) is 4.79 Å². The van der Waals surface area contributed by atoms with Crippen molar-refractivity contribution >= 4 is 17.4 Å². The molecule has 22 heavy (non-hydrogen) atoms. The Bertz CT molecular complexity index is 610. The first kappa shape index (κ1) is 17.7. The number of carbonyl (C=O) groups excluding carboxylic acids is 1. The lowest BCUT2D eigenvalue weighted by Gasteiger charge is -2.19. The van der Waals surface area contributed by atoms with E-state index in [1.54, 1.807) is 31.2 Å². The highest BCUT2D eigenvalue weighted by Crippen LogP contribution is 2.20. The highest BCUT2D eigenvalue weighted by Gasteiger charge is 2.28. The zero-order chi connectivity index (χ0) is 16.9. The van der Waals surface area contributed by atoms with Gasteiger partial charge in [0.25, 0.3) is 0 Å². The zero-order valence-electron chi connectivity index (χ0n) is 13.2. The highest BCUT2D eigenvalue weighted by molar-refractivity contribution is 6.03. The molecule has 118 valence electrons. The lowest BCUT2D eigenvalue weighted by Crippen LogP contribution is -2.33. The monoisotopic (exact) mass is 303 g/mol.